The molecule has 0 spiro atoms. The predicted octanol–water partition coefficient (Wildman–Crippen LogP) is 4.60. The maximum absolute atomic E-state index is 13.6. The lowest BCUT2D eigenvalue weighted by Crippen LogP contribution is -2.36. The molecule has 0 saturated heterocycles. The van der Waals surface area contributed by atoms with Gasteiger partial charge in [0.15, 0.2) is 22.9 Å². The fraction of sp³-hybridized carbons (Fsp3) is 0.304. The fourth-order valence-electron chi connectivity index (χ4n) is 3.84. The van der Waals surface area contributed by atoms with E-state index in [0.717, 1.165) is 10.4 Å². The van der Waals surface area contributed by atoms with Crippen LogP contribution in [0.25, 0.3) is 11.0 Å². The Labute approximate surface area is 194 Å². The number of Topliss-reactive ketones (excluding diaryl/α,β-unsaturated/α-hetero) is 1. The van der Waals surface area contributed by atoms with Gasteiger partial charge in [0.25, 0.3) is 5.91 Å². The van der Waals surface area contributed by atoms with Crippen LogP contribution in [0.4, 0.5) is 0 Å². The number of hydrogen-bond acceptors (Lipinski definition) is 7. The summed E-state index contributed by atoms with van der Waals surface area (Å²) in [6, 6.07) is 6.06. The maximum Gasteiger partial charge on any atom is 0.290 e. The first-order chi connectivity index (χ1) is 15.2. The Balaban J connectivity index is 1.81. The molecule has 9 heteroatoms. The second-order valence-corrected chi connectivity index (χ2v) is 9.28. The summed E-state index contributed by atoms with van der Waals surface area (Å²) < 4.78 is 11.1. The standard InChI is InChI=1S/C23H23ClN2O5S/c1-12-5-8-32-22(12)18-17(20(28)23(29)26(18)7-6-25(2)3)19(27)15-10-13-9-14(24)11-16(30-4)21(13)31-15/h5,8-11,18,28H,6-7H2,1-4H3. The number of furan rings is 1. The van der Waals surface area contributed by atoms with E-state index in [2.05, 4.69) is 0 Å². The van der Waals surface area contributed by atoms with Crippen LogP contribution < -0.4 is 4.74 Å². The van der Waals surface area contributed by atoms with Crippen molar-refractivity contribution in [2.24, 2.45) is 0 Å². The van der Waals surface area contributed by atoms with Gasteiger partial charge in [0.2, 0.25) is 5.78 Å². The van der Waals surface area contributed by atoms with Crippen molar-refractivity contribution >= 4 is 45.6 Å². The van der Waals surface area contributed by atoms with E-state index >= 15 is 0 Å². The first kappa shape index (κ1) is 22.4. The Morgan fingerprint density at radius 2 is 2.09 bits per heavy atom. The number of ketones is 1. The lowest BCUT2D eigenvalue weighted by Gasteiger charge is -2.27. The van der Waals surface area contributed by atoms with Crippen molar-refractivity contribution in [3.63, 3.8) is 0 Å². The molecule has 7 nitrogen and oxygen atoms in total. The Morgan fingerprint density at radius 3 is 2.72 bits per heavy atom. The third-order valence-corrected chi connectivity index (χ3v) is 6.77. The molecule has 0 fully saturated rings. The summed E-state index contributed by atoms with van der Waals surface area (Å²) in [5, 5.41) is 13.7. The third kappa shape index (κ3) is 3.79. The van der Waals surface area contributed by atoms with Crippen LogP contribution in [0.1, 0.15) is 27.0 Å². The van der Waals surface area contributed by atoms with E-state index in [1.54, 1.807) is 23.1 Å². The minimum absolute atomic E-state index is 0.00332. The van der Waals surface area contributed by atoms with Gasteiger partial charge in [-0.1, -0.05) is 11.6 Å². The average molecular weight is 475 g/mol. The molecule has 1 N–H and O–H groups in total. The molecular formula is C23H23ClN2O5S. The number of nitrogens with zero attached hydrogens (tertiary/aromatic N) is 2. The second kappa shape index (κ2) is 8.61. The first-order valence-electron chi connectivity index (χ1n) is 9.97. The van der Waals surface area contributed by atoms with Crippen LogP contribution in [0.3, 0.4) is 0 Å². The number of amides is 1. The minimum atomic E-state index is -0.686. The van der Waals surface area contributed by atoms with Crippen molar-refractivity contribution in [1.29, 1.82) is 0 Å². The molecule has 168 valence electrons. The van der Waals surface area contributed by atoms with Gasteiger partial charge >= 0.3 is 0 Å². The normalized spacial score (nSPS) is 16.6. The Hall–Kier alpha value is -2.81. The van der Waals surface area contributed by atoms with E-state index in [-0.39, 0.29) is 11.3 Å². The van der Waals surface area contributed by atoms with Gasteiger partial charge in [-0.15, -0.1) is 11.3 Å². The molecule has 1 aliphatic rings. The van der Waals surface area contributed by atoms with Gasteiger partial charge in [-0.3, -0.25) is 9.59 Å². The zero-order valence-electron chi connectivity index (χ0n) is 18.1. The number of carbonyl (C=O) groups is 2. The Kier molecular flexibility index (Phi) is 6.03. The number of aryl methyl sites for hydroxylation is 1. The Morgan fingerprint density at radius 1 is 1.34 bits per heavy atom. The number of rotatable bonds is 7. The maximum atomic E-state index is 13.6. The van der Waals surface area contributed by atoms with Crippen molar-refractivity contribution in [3.8, 4) is 5.75 Å². The molecule has 0 aliphatic carbocycles. The van der Waals surface area contributed by atoms with E-state index in [9.17, 15) is 14.7 Å². The van der Waals surface area contributed by atoms with E-state index in [1.807, 2.05) is 37.4 Å². The van der Waals surface area contributed by atoms with Gasteiger partial charge < -0.3 is 24.1 Å². The van der Waals surface area contributed by atoms with Gasteiger partial charge in [0.1, 0.15) is 6.04 Å². The SMILES string of the molecule is COc1cc(Cl)cc2cc(C(=O)C3=C(O)C(=O)N(CCN(C)C)C3c3sccc3C)oc12. The minimum Gasteiger partial charge on any atom is -0.503 e. The van der Waals surface area contributed by atoms with Crippen LogP contribution in [-0.4, -0.2) is 60.9 Å². The van der Waals surface area contributed by atoms with Crippen molar-refractivity contribution < 1.29 is 23.8 Å². The molecule has 2 aromatic heterocycles. The predicted molar refractivity (Wildman–Crippen MR) is 124 cm³/mol. The lowest BCUT2D eigenvalue weighted by molar-refractivity contribution is -0.129. The van der Waals surface area contributed by atoms with Crippen LogP contribution in [-0.2, 0) is 4.79 Å². The monoisotopic (exact) mass is 474 g/mol. The summed E-state index contributed by atoms with van der Waals surface area (Å²) in [6.45, 7) is 2.87. The summed E-state index contributed by atoms with van der Waals surface area (Å²) in [5.41, 5.74) is 1.34. The second-order valence-electron chi connectivity index (χ2n) is 7.90. The van der Waals surface area contributed by atoms with Crippen molar-refractivity contribution in [3.05, 3.63) is 62.2 Å². The van der Waals surface area contributed by atoms with E-state index in [4.69, 9.17) is 20.8 Å². The smallest absolute Gasteiger partial charge is 0.290 e. The number of likely N-dealkylation sites (N-methyl/N-ethyl adjacent to an activating group) is 1. The molecule has 0 bridgehead atoms. The van der Waals surface area contributed by atoms with Crippen LogP contribution in [0.15, 0.2) is 45.4 Å². The summed E-state index contributed by atoms with van der Waals surface area (Å²) in [5.74, 6) is -1.26. The van der Waals surface area contributed by atoms with Gasteiger partial charge in [0, 0.05) is 34.4 Å². The number of aliphatic hydroxyl groups is 1. The summed E-state index contributed by atoms with van der Waals surface area (Å²) >= 11 is 7.58. The number of methoxy groups -OCH3 is 1. The number of halogens is 1. The zero-order chi connectivity index (χ0) is 23.2. The van der Waals surface area contributed by atoms with E-state index in [1.165, 1.54) is 18.4 Å². The highest BCUT2D eigenvalue weighted by atomic mass is 35.5. The fourth-order valence-corrected chi connectivity index (χ4v) is 5.11. The summed E-state index contributed by atoms with van der Waals surface area (Å²) in [6.07, 6.45) is 0. The number of ether oxygens (including phenoxy) is 1. The molecule has 1 amide bonds. The number of hydrogen-bond donors (Lipinski definition) is 1. The number of benzene rings is 1. The van der Waals surface area contributed by atoms with Gasteiger partial charge in [-0.05, 0) is 50.2 Å². The van der Waals surface area contributed by atoms with E-state index < -0.39 is 23.5 Å². The average Bonchev–Trinajstić information content (AvgIpc) is 3.42. The van der Waals surface area contributed by atoms with E-state index in [0.29, 0.717) is 34.8 Å². The Bertz CT molecular complexity index is 1240. The molecule has 1 unspecified atom stereocenters. The topological polar surface area (TPSA) is 83.2 Å². The summed E-state index contributed by atoms with van der Waals surface area (Å²) in [7, 11) is 5.29. The van der Waals surface area contributed by atoms with Crippen LogP contribution >= 0.6 is 22.9 Å². The van der Waals surface area contributed by atoms with Gasteiger partial charge in [0.05, 0.1) is 12.7 Å². The largest absolute Gasteiger partial charge is 0.503 e. The number of fused-ring (bicyclic) bond motifs is 1. The zero-order valence-corrected chi connectivity index (χ0v) is 19.7. The summed E-state index contributed by atoms with van der Waals surface area (Å²) in [4.78, 5) is 30.9. The van der Waals surface area contributed by atoms with Crippen molar-refractivity contribution in [2.75, 3.05) is 34.3 Å². The number of aliphatic hydroxyl groups excluding tert-OH is 1. The van der Waals surface area contributed by atoms with Gasteiger partial charge in [-0.25, -0.2) is 0 Å². The highest BCUT2D eigenvalue weighted by Crippen LogP contribution is 2.43. The molecule has 1 aliphatic heterocycles. The quantitative estimate of drug-likeness (QED) is 0.504. The molecule has 1 atom stereocenters. The molecule has 1 aromatic carbocycles. The van der Waals surface area contributed by atoms with Crippen molar-refractivity contribution in [2.45, 2.75) is 13.0 Å². The highest BCUT2D eigenvalue weighted by molar-refractivity contribution is 7.10. The number of thiophene rings is 1. The van der Waals surface area contributed by atoms with Crippen LogP contribution in [0.5, 0.6) is 5.75 Å². The van der Waals surface area contributed by atoms with Gasteiger partial charge in [-0.2, -0.15) is 0 Å². The molecular weight excluding hydrogens is 452 g/mol. The highest BCUT2D eigenvalue weighted by Gasteiger charge is 2.45. The van der Waals surface area contributed by atoms with Crippen LogP contribution in [0, 0.1) is 6.92 Å². The molecule has 0 saturated carbocycles. The molecule has 0 radical (unpaired) electrons. The molecule has 32 heavy (non-hydrogen) atoms. The molecule has 3 heterocycles. The van der Waals surface area contributed by atoms with Crippen LogP contribution in [0.2, 0.25) is 5.02 Å². The third-order valence-electron chi connectivity index (χ3n) is 5.48. The lowest BCUT2D eigenvalue weighted by atomic mass is 9.98. The molecule has 4 rings (SSSR count). The number of carbonyl (C=O) groups excluding carboxylic acids is 2. The first-order valence-corrected chi connectivity index (χ1v) is 11.2. The molecule has 3 aromatic rings. The van der Waals surface area contributed by atoms with Crippen molar-refractivity contribution in [1.82, 2.24) is 9.80 Å².